The largest absolute Gasteiger partial charge is 0.355 e. The zero-order valence-corrected chi connectivity index (χ0v) is 10.6. The molecule has 0 radical (unpaired) electrons. The van der Waals surface area contributed by atoms with E-state index >= 15 is 0 Å². The first-order chi connectivity index (χ1) is 9.06. The Morgan fingerprint density at radius 1 is 1.16 bits per heavy atom. The highest BCUT2D eigenvalue weighted by Crippen LogP contribution is 2.03. The van der Waals surface area contributed by atoms with E-state index in [0.29, 0.717) is 5.69 Å². The van der Waals surface area contributed by atoms with E-state index in [1.807, 2.05) is 6.07 Å². The second kappa shape index (κ2) is 4.93. The van der Waals surface area contributed by atoms with E-state index in [0.717, 1.165) is 4.57 Å². The van der Waals surface area contributed by atoms with Crippen LogP contribution in [0.25, 0.3) is 5.69 Å². The molecule has 0 aliphatic carbocycles. The third-order valence-corrected chi connectivity index (χ3v) is 2.79. The van der Waals surface area contributed by atoms with Gasteiger partial charge in [-0.15, -0.1) is 0 Å². The van der Waals surface area contributed by atoms with E-state index in [1.54, 1.807) is 24.3 Å². The van der Waals surface area contributed by atoms with Crippen LogP contribution in [0.1, 0.15) is 10.4 Å². The van der Waals surface area contributed by atoms with E-state index in [1.165, 1.54) is 24.9 Å². The minimum Gasteiger partial charge on any atom is -0.355 e. The molecule has 98 valence electrons. The SMILES string of the molecule is CNC(=O)c1cn(-c2ccccc2)c(=O)n(C)c1=O. The Labute approximate surface area is 108 Å². The normalized spacial score (nSPS) is 10.2. The van der Waals surface area contributed by atoms with Crippen LogP contribution < -0.4 is 16.6 Å². The number of rotatable bonds is 2. The quantitative estimate of drug-likeness (QED) is 0.818. The highest BCUT2D eigenvalue weighted by molar-refractivity contribution is 5.93. The minimum atomic E-state index is -0.614. The number of aromatic nitrogens is 2. The van der Waals surface area contributed by atoms with E-state index < -0.39 is 17.2 Å². The number of amides is 1. The van der Waals surface area contributed by atoms with Gasteiger partial charge in [0.2, 0.25) is 0 Å². The molecule has 0 bridgehead atoms. The molecule has 19 heavy (non-hydrogen) atoms. The van der Waals surface area contributed by atoms with Crippen molar-refractivity contribution in [3.63, 3.8) is 0 Å². The first-order valence-corrected chi connectivity index (χ1v) is 5.66. The van der Waals surface area contributed by atoms with Gasteiger partial charge in [0.05, 0.1) is 5.69 Å². The Morgan fingerprint density at radius 3 is 2.37 bits per heavy atom. The number of carbonyl (C=O) groups excluding carboxylic acids is 1. The van der Waals surface area contributed by atoms with E-state index in [4.69, 9.17) is 0 Å². The van der Waals surface area contributed by atoms with Crippen LogP contribution in [0.2, 0.25) is 0 Å². The molecule has 2 rings (SSSR count). The summed E-state index contributed by atoms with van der Waals surface area (Å²) in [5.41, 5.74) is -0.595. The van der Waals surface area contributed by atoms with Crippen molar-refractivity contribution in [2.24, 2.45) is 7.05 Å². The Morgan fingerprint density at radius 2 is 1.79 bits per heavy atom. The van der Waals surface area contributed by atoms with Gasteiger partial charge in [-0.2, -0.15) is 0 Å². The van der Waals surface area contributed by atoms with Gasteiger partial charge in [-0.3, -0.25) is 18.7 Å². The maximum atomic E-state index is 12.0. The molecule has 1 amide bonds. The molecule has 0 aliphatic rings. The zero-order chi connectivity index (χ0) is 14.0. The van der Waals surface area contributed by atoms with E-state index in [2.05, 4.69) is 5.32 Å². The third kappa shape index (κ3) is 2.20. The van der Waals surface area contributed by atoms with Crippen LogP contribution in [0.4, 0.5) is 0 Å². The summed E-state index contributed by atoms with van der Waals surface area (Å²) in [5, 5.41) is 2.38. The lowest BCUT2D eigenvalue weighted by molar-refractivity contribution is 0.0960. The number of benzene rings is 1. The molecule has 1 aromatic carbocycles. The highest BCUT2D eigenvalue weighted by atomic mass is 16.2. The van der Waals surface area contributed by atoms with Crippen LogP contribution in [-0.2, 0) is 7.05 Å². The summed E-state index contributed by atoms with van der Waals surface area (Å²) >= 11 is 0. The molecule has 0 unspecified atom stereocenters. The van der Waals surface area contributed by atoms with Gasteiger partial charge in [-0.05, 0) is 12.1 Å². The lowest BCUT2D eigenvalue weighted by atomic mass is 10.3. The summed E-state index contributed by atoms with van der Waals surface area (Å²) in [7, 11) is 2.77. The highest BCUT2D eigenvalue weighted by Gasteiger charge is 2.14. The van der Waals surface area contributed by atoms with Gasteiger partial charge in [0, 0.05) is 20.3 Å². The monoisotopic (exact) mass is 259 g/mol. The number of nitrogens with zero attached hydrogens (tertiary/aromatic N) is 2. The van der Waals surface area contributed by atoms with Gasteiger partial charge in [0.15, 0.2) is 0 Å². The second-order valence-electron chi connectivity index (χ2n) is 3.97. The van der Waals surface area contributed by atoms with E-state index in [9.17, 15) is 14.4 Å². The minimum absolute atomic E-state index is 0.0755. The first-order valence-electron chi connectivity index (χ1n) is 5.66. The van der Waals surface area contributed by atoms with Gasteiger partial charge in [-0.1, -0.05) is 18.2 Å². The molecular formula is C13H13N3O3. The van der Waals surface area contributed by atoms with Gasteiger partial charge in [0.25, 0.3) is 11.5 Å². The Bertz CT molecular complexity index is 729. The molecule has 1 N–H and O–H groups in total. The number of para-hydroxylation sites is 1. The molecule has 0 aliphatic heterocycles. The van der Waals surface area contributed by atoms with Crippen molar-refractivity contribution in [1.82, 2.24) is 14.5 Å². The van der Waals surface area contributed by atoms with Crippen molar-refractivity contribution in [3.05, 3.63) is 62.9 Å². The lowest BCUT2D eigenvalue weighted by Gasteiger charge is -2.09. The molecule has 0 fully saturated rings. The summed E-state index contributed by atoms with van der Waals surface area (Å²) in [5.74, 6) is -0.523. The van der Waals surface area contributed by atoms with Gasteiger partial charge < -0.3 is 5.32 Å². The summed E-state index contributed by atoms with van der Waals surface area (Å²) in [6.07, 6.45) is 1.26. The van der Waals surface area contributed by atoms with Crippen LogP contribution in [0, 0.1) is 0 Å². The van der Waals surface area contributed by atoms with Crippen molar-refractivity contribution >= 4 is 5.91 Å². The Kier molecular flexibility index (Phi) is 3.33. The smallest absolute Gasteiger partial charge is 0.335 e. The molecule has 6 nitrogen and oxygen atoms in total. The maximum Gasteiger partial charge on any atom is 0.335 e. The number of hydrogen-bond acceptors (Lipinski definition) is 3. The van der Waals surface area contributed by atoms with Crippen molar-refractivity contribution in [1.29, 1.82) is 0 Å². The molecule has 1 aromatic heterocycles. The summed E-state index contributed by atoms with van der Waals surface area (Å²) < 4.78 is 2.18. The maximum absolute atomic E-state index is 12.0. The van der Waals surface area contributed by atoms with Crippen LogP contribution in [-0.4, -0.2) is 22.1 Å². The Balaban J connectivity index is 2.77. The van der Waals surface area contributed by atoms with Crippen molar-refractivity contribution in [3.8, 4) is 5.69 Å². The number of nitrogens with one attached hydrogen (secondary N) is 1. The number of carbonyl (C=O) groups is 1. The molecule has 0 saturated heterocycles. The fraction of sp³-hybridized carbons (Fsp3) is 0.154. The standard InChI is InChI=1S/C13H13N3O3/c1-14-11(17)10-8-16(9-6-4-3-5-7-9)13(19)15(2)12(10)18/h3-8H,1-2H3,(H,14,17). The fourth-order valence-electron chi connectivity index (χ4n) is 1.73. The second-order valence-corrected chi connectivity index (χ2v) is 3.97. The van der Waals surface area contributed by atoms with Gasteiger partial charge >= 0.3 is 5.69 Å². The molecule has 1 heterocycles. The number of hydrogen-bond donors (Lipinski definition) is 1. The Hall–Kier alpha value is -2.63. The molecule has 0 saturated carbocycles. The van der Waals surface area contributed by atoms with Crippen LogP contribution in [0.15, 0.2) is 46.1 Å². The average molecular weight is 259 g/mol. The summed E-state index contributed by atoms with van der Waals surface area (Å²) in [6.45, 7) is 0. The predicted octanol–water partition coefficient (Wildman–Crippen LogP) is -0.104. The molecule has 2 aromatic rings. The van der Waals surface area contributed by atoms with E-state index in [-0.39, 0.29) is 5.56 Å². The average Bonchev–Trinajstić information content (AvgIpc) is 2.45. The van der Waals surface area contributed by atoms with Crippen molar-refractivity contribution in [2.45, 2.75) is 0 Å². The third-order valence-electron chi connectivity index (χ3n) is 2.79. The fourth-order valence-corrected chi connectivity index (χ4v) is 1.73. The van der Waals surface area contributed by atoms with Crippen LogP contribution >= 0.6 is 0 Å². The summed E-state index contributed by atoms with van der Waals surface area (Å²) in [6, 6.07) is 8.80. The van der Waals surface area contributed by atoms with Crippen molar-refractivity contribution < 1.29 is 4.79 Å². The molecule has 6 heteroatoms. The molecule has 0 atom stereocenters. The van der Waals surface area contributed by atoms with Crippen LogP contribution in [0.5, 0.6) is 0 Å². The summed E-state index contributed by atoms with van der Waals surface area (Å²) in [4.78, 5) is 35.6. The predicted molar refractivity (Wildman–Crippen MR) is 70.7 cm³/mol. The van der Waals surface area contributed by atoms with Gasteiger partial charge in [0.1, 0.15) is 5.56 Å². The molecule has 0 spiro atoms. The van der Waals surface area contributed by atoms with Crippen LogP contribution in [0.3, 0.4) is 0 Å². The molecular weight excluding hydrogens is 246 g/mol. The lowest BCUT2D eigenvalue weighted by Crippen LogP contribution is -2.41. The van der Waals surface area contributed by atoms with Crippen molar-refractivity contribution in [2.75, 3.05) is 7.05 Å². The zero-order valence-electron chi connectivity index (χ0n) is 10.6. The first kappa shape index (κ1) is 12.8. The topological polar surface area (TPSA) is 73.1 Å². The van der Waals surface area contributed by atoms with Gasteiger partial charge in [-0.25, -0.2) is 4.79 Å².